The van der Waals surface area contributed by atoms with Crippen molar-refractivity contribution in [1.82, 2.24) is 5.32 Å². The molecule has 3 heteroatoms. The van der Waals surface area contributed by atoms with Crippen LogP contribution in [0.2, 0.25) is 0 Å². The Labute approximate surface area is 121 Å². The van der Waals surface area contributed by atoms with Gasteiger partial charge in [0.25, 0.3) is 0 Å². The summed E-state index contributed by atoms with van der Waals surface area (Å²) in [5.74, 6) is 0.708. The first kappa shape index (κ1) is 15.3. The summed E-state index contributed by atoms with van der Waals surface area (Å²) in [5.41, 5.74) is 1.08. The first-order valence-electron chi connectivity index (χ1n) is 7.80. The maximum absolute atomic E-state index is 13.8. The second kappa shape index (κ2) is 7.63. The van der Waals surface area contributed by atoms with Gasteiger partial charge in [-0.25, -0.2) is 4.39 Å². The molecule has 2 nitrogen and oxygen atoms in total. The number of methoxy groups -OCH3 is 1. The molecule has 1 fully saturated rings. The first-order valence-corrected chi connectivity index (χ1v) is 7.80. The van der Waals surface area contributed by atoms with E-state index in [1.54, 1.807) is 12.1 Å². The highest BCUT2D eigenvalue weighted by Gasteiger charge is 2.24. The fourth-order valence-electron chi connectivity index (χ4n) is 3.19. The van der Waals surface area contributed by atoms with E-state index in [1.165, 1.54) is 39.2 Å². The van der Waals surface area contributed by atoms with Crippen molar-refractivity contribution in [2.24, 2.45) is 5.92 Å². The monoisotopic (exact) mass is 279 g/mol. The smallest absolute Gasteiger partial charge is 0.165 e. The van der Waals surface area contributed by atoms with Crippen LogP contribution in [0, 0.1) is 11.7 Å². The molecule has 0 aromatic heterocycles. The molecule has 2 rings (SSSR count). The summed E-state index contributed by atoms with van der Waals surface area (Å²) in [6, 6.07) is 5.95. The number of hydrogen-bond acceptors (Lipinski definition) is 2. The van der Waals surface area contributed by atoms with Gasteiger partial charge in [-0.05, 0) is 55.8 Å². The number of rotatable bonds is 6. The molecule has 1 aromatic carbocycles. The van der Waals surface area contributed by atoms with Gasteiger partial charge in [-0.15, -0.1) is 0 Å². The van der Waals surface area contributed by atoms with Crippen molar-refractivity contribution in [2.45, 2.75) is 51.5 Å². The van der Waals surface area contributed by atoms with E-state index in [-0.39, 0.29) is 5.82 Å². The number of ether oxygens (including phenoxy) is 1. The van der Waals surface area contributed by atoms with Crippen molar-refractivity contribution in [3.63, 3.8) is 0 Å². The van der Waals surface area contributed by atoms with Crippen LogP contribution in [0.3, 0.4) is 0 Å². The molecule has 1 aliphatic carbocycles. The lowest BCUT2D eigenvalue weighted by Gasteiger charge is -2.32. The molecule has 2 atom stereocenters. The Morgan fingerprint density at radius 1 is 1.30 bits per heavy atom. The van der Waals surface area contributed by atoms with Gasteiger partial charge < -0.3 is 10.1 Å². The third kappa shape index (κ3) is 3.95. The molecule has 112 valence electrons. The molecule has 0 heterocycles. The Hall–Kier alpha value is -1.09. The third-order valence-corrected chi connectivity index (χ3v) is 4.28. The van der Waals surface area contributed by atoms with Crippen LogP contribution in [0.15, 0.2) is 18.2 Å². The zero-order chi connectivity index (χ0) is 14.4. The molecule has 2 unspecified atom stereocenters. The summed E-state index contributed by atoms with van der Waals surface area (Å²) in [5, 5.41) is 3.66. The van der Waals surface area contributed by atoms with Gasteiger partial charge >= 0.3 is 0 Å². The number of hydrogen-bond donors (Lipinski definition) is 1. The Kier molecular flexibility index (Phi) is 5.84. The number of benzene rings is 1. The van der Waals surface area contributed by atoms with Crippen LogP contribution in [0.4, 0.5) is 4.39 Å². The third-order valence-electron chi connectivity index (χ3n) is 4.28. The minimum Gasteiger partial charge on any atom is -0.494 e. The minimum absolute atomic E-state index is 0.251. The van der Waals surface area contributed by atoms with E-state index < -0.39 is 0 Å². The molecule has 20 heavy (non-hydrogen) atoms. The lowest BCUT2D eigenvalue weighted by atomic mass is 9.80. The second-order valence-corrected chi connectivity index (χ2v) is 5.78. The van der Waals surface area contributed by atoms with E-state index in [4.69, 9.17) is 4.74 Å². The van der Waals surface area contributed by atoms with Crippen molar-refractivity contribution < 1.29 is 9.13 Å². The standard InChI is InChI=1S/C17H26FNO/c1-3-10-19-16-7-5-4-6-14(16)11-13-8-9-17(20-2)15(18)12-13/h8-9,12,14,16,19H,3-7,10-11H2,1-2H3. The van der Waals surface area contributed by atoms with Crippen molar-refractivity contribution in [1.29, 1.82) is 0 Å². The van der Waals surface area contributed by atoms with Gasteiger partial charge in [0.05, 0.1) is 7.11 Å². The second-order valence-electron chi connectivity index (χ2n) is 5.78. The molecule has 0 bridgehead atoms. The summed E-state index contributed by atoms with van der Waals surface area (Å²) < 4.78 is 18.7. The maximum atomic E-state index is 13.8. The van der Waals surface area contributed by atoms with Crippen molar-refractivity contribution in [3.05, 3.63) is 29.6 Å². The summed E-state index contributed by atoms with van der Waals surface area (Å²) in [6.07, 6.45) is 7.24. The Morgan fingerprint density at radius 3 is 2.80 bits per heavy atom. The fourth-order valence-corrected chi connectivity index (χ4v) is 3.19. The molecule has 0 aliphatic heterocycles. The summed E-state index contributed by atoms with van der Waals surface area (Å²) in [7, 11) is 1.50. The number of halogens is 1. The van der Waals surface area contributed by atoms with Gasteiger partial charge in [-0.3, -0.25) is 0 Å². The van der Waals surface area contributed by atoms with Crippen molar-refractivity contribution in [3.8, 4) is 5.75 Å². The highest BCUT2D eigenvalue weighted by atomic mass is 19.1. The quantitative estimate of drug-likeness (QED) is 0.851. The maximum Gasteiger partial charge on any atom is 0.165 e. The lowest BCUT2D eigenvalue weighted by Crippen LogP contribution is -2.39. The summed E-state index contributed by atoms with van der Waals surface area (Å²) in [6.45, 7) is 3.28. The first-order chi connectivity index (χ1) is 9.74. The van der Waals surface area contributed by atoms with Gasteiger partial charge in [0.15, 0.2) is 11.6 Å². The van der Waals surface area contributed by atoms with Crippen LogP contribution in [0.1, 0.15) is 44.6 Å². The predicted molar refractivity (Wildman–Crippen MR) is 80.7 cm³/mol. The Morgan fingerprint density at radius 2 is 2.10 bits per heavy atom. The van der Waals surface area contributed by atoms with E-state index in [0.717, 1.165) is 18.5 Å². The van der Waals surface area contributed by atoms with E-state index in [2.05, 4.69) is 12.2 Å². The van der Waals surface area contributed by atoms with Gasteiger partial charge in [-0.2, -0.15) is 0 Å². The van der Waals surface area contributed by atoms with Crippen molar-refractivity contribution in [2.75, 3.05) is 13.7 Å². The summed E-state index contributed by atoms with van der Waals surface area (Å²) >= 11 is 0. The molecular weight excluding hydrogens is 253 g/mol. The van der Waals surface area contributed by atoms with Gasteiger partial charge in [-0.1, -0.05) is 25.8 Å². The molecule has 0 saturated heterocycles. The highest BCUT2D eigenvalue weighted by molar-refractivity contribution is 5.29. The molecular formula is C17H26FNO. The van der Waals surface area contributed by atoms with E-state index in [0.29, 0.717) is 17.7 Å². The average molecular weight is 279 g/mol. The van der Waals surface area contributed by atoms with Crippen LogP contribution >= 0.6 is 0 Å². The Bertz CT molecular complexity index is 421. The zero-order valence-electron chi connectivity index (χ0n) is 12.6. The summed E-state index contributed by atoms with van der Waals surface area (Å²) in [4.78, 5) is 0. The fraction of sp³-hybridized carbons (Fsp3) is 0.647. The average Bonchev–Trinajstić information content (AvgIpc) is 2.46. The Balaban J connectivity index is 2.00. The molecule has 0 radical (unpaired) electrons. The molecule has 1 saturated carbocycles. The van der Waals surface area contributed by atoms with Crippen LogP contribution in [-0.4, -0.2) is 19.7 Å². The normalized spacial score (nSPS) is 22.8. The topological polar surface area (TPSA) is 21.3 Å². The molecule has 0 spiro atoms. The van der Waals surface area contributed by atoms with Crippen LogP contribution < -0.4 is 10.1 Å². The van der Waals surface area contributed by atoms with Crippen LogP contribution in [0.5, 0.6) is 5.75 Å². The van der Waals surface area contributed by atoms with Gasteiger partial charge in [0, 0.05) is 6.04 Å². The highest BCUT2D eigenvalue weighted by Crippen LogP contribution is 2.29. The van der Waals surface area contributed by atoms with Crippen LogP contribution in [-0.2, 0) is 6.42 Å². The SMILES string of the molecule is CCCNC1CCCCC1Cc1ccc(OC)c(F)c1. The zero-order valence-corrected chi connectivity index (χ0v) is 12.6. The molecule has 1 aromatic rings. The van der Waals surface area contributed by atoms with Gasteiger partial charge in [0.1, 0.15) is 0 Å². The minimum atomic E-state index is -0.251. The molecule has 0 amide bonds. The van der Waals surface area contributed by atoms with Gasteiger partial charge in [0.2, 0.25) is 0 Å². The molecule has 1 aliphatic rings. The number of nitrogens with one attached hydrogen (secondary N) is 1. The lowest BCUT2D eigenvalue weighted by molar-refractivity contribution is 0.261. The molecule has 1 N–H and O–H groups in total. The van der Waals surface area contributed by atoms with Crippen molar-refractivity contribution >= 4 is 0 Å². The van der Waals surface area contributed by atoms with E-state index in [9.17, 15) is 4.39 Å². The van der Waals surface area contributed by atoms with E-state index >= 15 is 0 Å². The van der Waals surface area contributed by atoms with Crippen LogP contribution in [0.25, 0.3) is 0 Å². The largest absolute Gasteiger partial charge is 0.494 e. The predicted octanol–water partition coefficient (Wildman–Crippen LogP) is 3.94. The van der Waals surface area contributed by atoms with E-state index in [1.807, 2.05) is 6.07 Å².